The van der Waals surface area contributed by atoms with Crippen LogP contribution >= 0.6 is 11.8 Å². The summed E-state index contributed by atoms with van der Waals surface area (Å²) in [5.74, 6) is 0.797. The van der Waals surface area contributed by atoms with E-state index < -0.39 is 0 Å². The van der Waals surface area contributed by atoms with Crippen molar-refractivity contribution in [2.75, 3.05) is 24.2 Å². The first-order chi connectivity index (χ1) is 12.6. The maximum atomic E-state index is 12.1. The monoisotopic (exact) mass is 370 g/mol. The molecular weight excluding hydrogens is 348 g/mol. The number of rotatable bonds is 6. The quantitative estimate of drug-likeness (QED) is 0.791. The Morgan fingerprint density at radius 3 is 2.65 bits per heavy atom. The molecule has 2 heterocycles. The number of carbonyl (C=O) groups is 2. The van der Waals surface area contributed by atoms with Crippen LogP contribution in [0.15, 0.2) is 41.4 Å². The summed E-state index contributed by atoms with van der Waals surface area (Å²) in [6, 6.07) is 11.3. The molecule has 6 nitrogen and oxygen atoms in total. The smallest absolute Gasteiger partial charge is 0.232 e. The third-order valence-corrected chi connectivity index (χ3v) is 5.06. The van der Waals surface area contributed by atoms with E-state index in [1.165, 1.54) is 11.8 Å². The Labute approximate surface area is 157 Å². The van der Waals surface area contributed by atoms with Crippen molar-refractivity contribution in [3.05, 3.63) is 47.5 Å². The Morgan fingerprint density at radius 1 is 1.15 bits per heavy atom. The number of benzene rings is 1. The van der Waals surface area contributed by atoms with Crippen LogP contribution in [0.3, 0.4) is 0 Å². The molecule has 0 spiro atoms. The molecule has 0 unspecified atom stereocenters. The Kier molecular flexibility index (Phi) is 6.22. The fourth-order valence-electron chi connectivity index (χ4n) is 2.85. The summed E-state index contributed by atoms with van der Waals surface area (Å²) in [6.45, 7) is 3.71. The number of hydrogen-bond donors (Lipinski definition) is 1. The first-order valence-corrected chi connectivity index (χ1v) is 9.68. The Bertz CT molecular complexity index is 773. The van der Waals surface area contributed by atoms with Crippen LogP contribution in [0.5, 0.6) is 0 Å². The van der Waals surface area contributed by atoms with Crippen molar-refractivity contribution in [1.29, 1.82) is 0 Å². The van der Waals surface area contributed by atoms with Crippen LogP contribution in [-0.4, -0.2) is 45.8 Å². The van der Waals surface area contributed by atoms with Crippen molar-refractivity contribution >= 4 is 29.4 Å². The molecule has 0 atom stereocenters. The second-order valence-electron chi connectivity index (χ2n) is 6.35. The average Bonchev–Trinajstić information content (AvgIpc) is 3.15. The Morgan fingerprint density at radius 2 is 1.96 bits per heavy atom. The normalized spacial score (nSPS) is 13.7. The Balaban J connectivity index is 1.47. The summed E-state index contributed by atoms with van der Waals surface area (Å²) in [6.07, 6.45) is 2.48. The molecule has 1 aliphatic rings. The van der Waals surface area contributed by atoms with E-state index in [9.17, 15) is 9.59 Å². The summed E-state index contributed by atoms with van der Waals surface area (Å²) < 4.78 is 0. The molecule has 1 fully saturated rings. The second-order valence-corrected chi connectivity index (χ2v) is 7.34. The molecule has 1 aromatic carbocycles. The highest BCUT2D eigenvalue weighted by atomic mass is 32.2. The van der Waals surface area contributed by atoms with E-state index in [0.29, 0.717) is 23.0 Å². The molecule has 0 bridgehead atoms. The topological polar surface area (TPSA) is 75.2 Å². The number of aromatic nitrogens is 2. The van der Waals surface area contributed by atoms with Crippen molar-refractivity contribution in [2.45, 2.75) is 31.2 Å². The van der Waals surface area contributed by atoms with Gasteiger partial charge in [0.15, 0.2) is 5.82 Å². The predicted octanol–water partition coefficient (Wildman–Crippen LogP) is 2.68. The molecule has 0 aliphatic carbocycles. The third-order valence-electron chi connectivity index (χ3n) is 4.16. The highest BCUT2D eigenvalue weighted by Crippen LogP contribution is 2.18. The molecule has 26 heavy (non-hydrogen) atoms. The van der Waals surface area contributed by atoms with E-state index in [1.807, 2.05) is 36.1 Å². The first kappa shape index (κ1) is 18.4. The number of amides is 2. The van der Waals surface area contributed by atoms with E-state index in [-0.39, 0.29) is 11.8 Å². The van der Waals surface area contributed by atoms with Crippen LogP contribution in [0.25, 0.3) is 0 Å². The number of nitrogens with one attached hydrogen (secondary N) is 1. The van der Waals surface area contributed by atoms with Gasteiger partial charge in [-0.1, -0.05) is 41.6 Å². The van der Waals surface area contributed by atoms with E-state index in [2.05, 4.69) is 15.5 Å². The number of thioether (sulfide) groups is 1. The zero-order valence-electron chi connectivity index (χ0n) is 14.8. The molecule has 0 saturated carbocycles. The van der Waals surface area contributed by atoms with Crippen molar-refractivity contribution < 1.29 is 9.59 Å². The van der Waals surface area contributed by atoms with Crippen molar-refractivity contribution in [2.24, 2.45) is 0 Å². The maximum absolute atomic E-state index is 12.1. The minimum atomic E-state index is -0.130. The first-order valence-electron chi connectivity index (χ1n) is 8.70. The highest BCUT2D eigenvalue weighted by Gasteiger charge is 2.18. The van der Waals surface area contributed by atoms with Crippen LogP contribution in [0, 0.1) is 6.92 Å². The lowest BCUT2D eigenvalue weighted by molar-refractivity contribution is -0.127. The molecule has 3 rings (SSSR count). The highest BCUT2D eigenvalue weighted by molar-refractivity contribution is 7.99. The zero-order chi connectivity index (χ0) is 18.4. The van der Waals surface area contributed by atoms with E-state index in [1.54, 1.807) is 12.1 Å². The van der Waals surface area contributed by atoms with E-state index in [4.69, 9.17) is 0 Å². The summed E-state index contributed by atoms with van der Waals surface area (Å²) in [7, 11) is 0. The van der Waals surface area contributed by atoms with Gasteiger partial charge in [0.25, 0.3) is 0 Å². The van der Waals surface area contributed by atoms with E-state index in [0.717, 1.165) is 37.1 Å². The molecule has 1 aliphatic heterocycles. The molecule has 1 N–H and O–H groups in total. The lowest BCUT2D eigenvalue weighted by Gasteiger charge is -2.14. The summed E-state index contributed by atoms with van der Waals surface area (Å²) in [4.78, 5) is 26.0. The molecule has 1 aromatic heterocycles. The number of anilines is 1. The van der Waals surface area contributed by atoms with Crippen molar-refractivity contribution in [3.63, 3.8) is 0 Å². The fraction of sp³-hybridized carbons (Fsp3) is 0.368. The van der Waals surface area contributed by atoms with Crippen LogP contribution < -0.4 is 5.32 Å². The fourth-order valence-corrected chi connectivity index (χ4v) is 3.57. The van der Waals surface area contributed by atoms with Crippen LogP contribution in [-0.2, 0) is 16.0 Å². The van der Waals surface area contributed by atoms with Gasteiger partial charge in [-0.15, -0.1) is 10.2 Å². The number of nitrogens with zero attached hydrogens (tertiary/aromatic N) is 3. The van der Waals surface area contributed by atoms with Crippen LogP contribution in [0.1, 0.15) is 24.0 Å². The van der Waals surface area contributed by atoms with Gasteiger partial charge in [0.1, 0.15) is 5.03 Å². The molecular formula is C19H22N4O2S. The number of carbonyl (C=O) groups excluding carboxylic acids is 2. The Hall–Kier alpha value is -2.41. The van der Waals surface area contributed by atoms with Gasteiger partial charge in [0, 0.05) is 13.1 Å². The zero-order valence-corrected chi connectivity index (χ0v) is 15.6. The van der Waals surface area contributed by atoms with Gasteiger partial charge in [-0.25, -0.2) is 0 Å². The lowest BCUT2D eigenvalue weighted by Crippen LogP contribution is -2.29. The molecule has 0 radical (unpaired) electrons. The van der Waals surface area contributed by atoms with E-state index >= 15 is 0 Å². The van der Waals surface area contributed by atoms with Crippen molar-refractivity contribution in [1.82, 2.24) is 15.1 Å². The summed E-state index contributed by atoms with van der Waals surface area (Å²) in [5.41, 5.74) is 2.09. The molecule has 2 aromatic rings. The standard InChI is InChI=1S/C19H22N4O2S/c1-14-5-4-6-15(11-14)12-17(24)20-16-7-8-18(22-21-16)26-13-19(25)23-9-2-3-10-23/h4-8,11H,2-3,9-10,12-13H2,1H3,(H,20,21,24). The molecule has 2 amide bonds. The van der Waals surface area contributed by atoms with Gasteiger partial charge in [0.05, 0.1) is 12.2 Å². The largest absolute Gasteiger partial charge is 0.342 e. The number of aryl methyl sites for hydroxylation is 1. The second kappa shape index (κ2) is 8.80. The average molecular weight is 370 g/mol. The maximum Gasteiger partial charge on any atom is 0.232 e. The SMILES string of the molecule is Cc1cccc(CC(=O)Nc2ccc(SCC(=O)N3CCCC3)nn2)c1. The van der Waals surface area contributed by atoms with Gasteiger partial charge in [-0.2, -0.15) is 0 Å². The van der Waals surface area contributed by atoms with Crippen LogP contribution in [0.2, 0.25) is 0 Å². The van der Waals surface area contributed by atoms with Gasteiger partial charge < -0.3 is 10.2 Å². The van der Waals surface area contributed by atoms with Gasteiger partial charge in [-0.05, 0) is 37.5 Å². The third kappa shape index (κ3) is 5.29. The summed E-state index contributed by atoms with van der Waals surface area (Å²) >= 11 is 1.37. The summed E-state index contributed by atoms with van der Waals surface area (Å²) in [5, 5.41) is 11.5. The molecule has 136 valence electrons. The van der Waals surface area contributed by atoms with Gasteiger partial charge >= 0.3 is 0 Å². The van der Waals surface area contributed by atoms with Gasteiger partial charge in [-0.3, -0.25) is 9.59 Å². The number of likely N-dealkylation sites (tertiary alicyclic amines) is 1. The predicted molar refractivity (Wildman–Crippen MR) is 102 cm³/mol. The van der Waals surface area contributed by atoms with Crippen LogP contribution in [0.4, 0.5) is 5.82 Å². The van der Waals surface area contributed by atoms with Gasteiger partial charge in [0.2, 0.25) is 11.8 Å². The van der Waals surface area contributed by atoms with Crippen molar-refractivity contribution in [3.8, 4) is 0 Å². The lowest BCUT2D eigenvalue weighted by atomic mass is 10.1. The molecule has 1 saturated heterocycles. The minimum absolute atomic E-state index is 0.130. The molecule has 7 heteroatoms. The number of hydrogen-bond acceptors (Lipinski definition) is 5. The minimum Gasteiger partial charge on any atom is -0.342 e.